The standard InChI is InChI=1S/C17H17ClN4O2S/c1-10-14(15-21-16(22-24-15)17(19)7-2-8-17)25-13(20-10)9-23-12-5-3-11(18)4-6-12/h3-6H,2,7-9,19H2,1H3. The Hall–Kier alpha value is -1.96. The van der Waals surface area contributed by atoms with Crippen LogP contribution in [0.1, 0.15) is 35.8 Å². The van der Waals surface area contributed by atoms with Gasteiger partial charge < -0.3 is 15.0 Å². The Bertz CT molecular complexity index is 886. The molecule has 0 radical (unpaired) electrons. The SMILES string of the molecule is Cc1nc(COc2ccc(Cl)cc2)sc1-c1nc(C2(N)CCC2)no1. The Morgan fingerprint density at radius 1 is 1.28 bits per heavy atom. The monoisotopic (exact) mass is 376 g/mol. The van der Waals surface area contributed by atoms with Crippen molar-refractivity contribution < 1.29 is 9.26 Å². The zero-order chi connectivity index (χ0) is 17.4. The van der Waals surface area contributed by atoms with Gasteiger partial charge in [-0.05, 0) is 50.5 Å². The first kappa shape index (κ1) is 16.5. The number of hydrogen-bond donors (Lipinski definition) is 1. The molecule has 8 heteroatoms. The highest BCUT2D eigenvalue weighted by Crippen LogP contribution is 2.38. The van der Waals surface area contributed by atoms with Crippen molar-refractivity contribution in [3.63, 3.8) is 0 Å². The third-order valence-electron chi connectivity index (χ3n) is 4.33. The molecule has 1 saturated carbocycles. The highest BCUT2D eigenvalue weighted by Gasteiger charge is 2.39. The van der Waals surface area contributed by atoms with Gasteiger partial charge in [-0.3, -0.25) is 0 Å². The number of nitrogens with zero attached hydrogens (tertiary/aromatic N) is 3. The summed E-state index contributed by atoms with van der Waals surface area (Å²) in [5, 5.41) is 5.58. The average molecular weight is 377 g/mol. The predicted molar refractivity (Wildman–Crippen MR) is 95.6 cm³/mol. The molecular formula is C17H17ClN4O2S. The Morgan fingerprint density at radius 2 is 2.04 bits per heavy atom. The number of ether oxygens (including phenoxy) is 1. The summed E-state index contributed by atoms with van der Waals surface area (Å²) in [7, 11) is 0. The Labute approximate surface area is 154 Å². The predicted octanol–water partition coefficient (Wildman–Crippen LogP) is 4.07. The third kappa shape index (κ3) is 3.27. The molecule has 0 unspecified atom stereocenters. The largest absolute Gasteiger partial charge is 0.486 e. The molecule has 1 aliphatic rings. The molecule has 1 aromatic carbocycles. The molecule has 0 atom stereocenters. The second kappa shape index (κ2) is 6.40. The molecule has 6 nitrogen and oxygen atoms in total. The molecule has 0 spiro atoms. The van der Waals surface area contributed by atoms with Crippen molar-refractivity contribution in [2.24, 2.45) is 5.73 Å². The van der Waals surface area contributed by atoms with Crippen molar-refractivity contribution in [3.8, 4) is 16.5 Å². The molecule has 1 fully saturated rings. The Balaban J connectivity index is 1.49. The van der Waals surface area contributed by atoms with Crippen molar-refractivity contribution in [3.05, 3.63) is 45.8 Å². The number of halogens is 1. The first-order chi connectivity index (χ1) is 12.0. The van der Waals surface area contributed by atoms with Gasteiger partial charge in [0.2, 0.25) is 0 Å². The molecule has 0 aliphatic heterocycles. The van der Waals surface area contributed by atoms with E-state index < -0.39 is 5.54 Å². The maximum absolute atomic E-state index is 6.25. The van der Waals surface area contributed by atoms with E-state index in [1.165, 1.54) is 11.3 Å². The second-order valence-corrected chi connectivity index (χ2v) is 7.72. The first-order valence-corrected chi connectivity index (χ1v) is 9.21. The Kier molecular flexibility index (Phi) is 4.23. The molecule has 0 bridgehead atoms. The highest BCUT2D eigenvalue weighted by atomic mass is 35.5. The smallest absolute Gasteiger partial charge is 0.269 e. The van der Waals surface area contributed by atoms with Gasteiger partial charge in [0, 0.05) is 5.02 Å². The number of rotatable bonds is 5. The van der Waals surface area contributed by atoms with E-state index in [2.05, 4.69) is 15.1 Å². The van der Waals surface area contributed by atoms with Gasteiger partial charge in [0.05, 0.1) is 11.2 Å². The zero-order valence-electron chi connectivity index (χ0n) is 13.7. The van der Waals surface area contributed by atoms with Crippen molar-refractivity contribution in [2.75, 3.05) is 0 Å². The summed E-state index contributed by atoms with van der Waals surface area (Å²) < 4.78 is 11.2. The fraction of sp³-hybridized carbons (Fsp3) is 0.353. The highest BCUT2D eigenvalue weighted by molar-refractivity contribution is 7.15. The van der Waals surface area contributed by atoms with E-state index in [9.17, 15) is 0 Å². The minimum Gasteiger partial charge on any atom is -0.486 e. The number of thiazole rings is 1. The maximum Gasteiger partial charge on any atom is 0.269 e. The molecule has 1 aliphatic carbocycles. The van der Waals surface area contributed by atoms with Gasteiger partial charge in [0.25, 0.3) is 5.89 Å². The number of hydrogen-bond acceptors (Lipinski definition) is 7. The van der Waals surface area contributed by atoms with Crippen LogP contribution in [0.5, 0.6) is 5.75 Å². The Morgan fingerprint density at radius 3 is 2.72 bits per heavy atom. The van der Waals surface area contributed by atoms with Gasteiger partial charge >= 0.3 is 0 Å². The lowest BCUT2D eigenvalue weighted by molar-refractivity contribution is 0.229. The van der Waals surface area contributed by atoms with Crippen LogP contribution in [0.2, 0.25) is 5.02 Å². The summed E-state index contributed by atoms with van der Waals surface area (Å²) >= 11 is 7.36. The lowest BCUT2D eigenvalue weighted by atomic mass is 9.77. The molecule has 0 amide bonds. The van der Waals surface area contributed by atoms with E-state index in [1.807, 2.05) is 19.1 Å². The maximum atomic E-state index is 6.25. The van der Waals surface area contributed by atoms with Crippen LogP contribution in [0.25, 0.3) is 10.8 Å². The summed E-state index contributed by atoms with van der Waals surface area (Å²) in [6.07, 6.45) is 2.90. The van der Waals surface area contributed by atoms with E-state index >= 15 is 0 Å². The van der Waals surface area contributed by atoms with Crippen LogP contribution in [0.3, 0.4) is 0 Å². The van der Waals surface area contributed by atoms with Crippen LogP contribution in [0.4, 0.5) is 0 Å². The van der Waals surface area contributed by atoms with Crippen molar-refractivity contribution in [2.45, 2.75) is 38.3 Å². The summed E-state index contributed by atoms with van der Waals surface area (Å²) in [6.45, 7) is 2.29. The summed E-state index contributed by atoms with van der Waals surface area (Å²) in [4.78, 5) is 9.88. The molecule has 2 N–H and O–H groups in total. The zero-order valence-corrected chi connectivity index (χ0v) is 15.2. The van der Waals surface area contributed by atoms with Crippen molar-refractivity contribution >= 4 is 22.9 Å². The van der Waals surface area contributed by atoms with E-state index in [0.29, 0.717) is 23.3 Å². The quantitative estimate of drug-likeness (QED) is 0.722. The number of aryl methyl sites for hydroxylation is 1. The van der Waals surface area contributed by atoms with Crippen LogP contribution in [0.15, 0.2) is 28.8 Å². The lowest BCUT2D eigenvalue weighted by Crippen LogP contribution is -2.44. The fourth-order valence-electron chi connectivity index (χ4n) is 2.69. The van der Waals surface area contributed by atoms with E-state index in [0.717, 1.165) is 40.6 Å². The third-order valence-corrected chi connectivity index (χ3v) is 5.70. The molecule has 2 heterocycles. The average Bonchev–Trinajstić information content (AvgIpc) is 3.19. The van der Waals surface area contributed by atoms with E-state index in [1.54, 1.807) is 12.1 Å². The molecule has 25 heavy (non-hydrogen) atoms. The fourth-order valence-corrected chi connectivity index (χ4v) is 3.71. The van der Waals surface area contributed by atoms with Crippen LogP contribution in [-0.2, 0) is 12.1 Å². The molecular weight excluding hydrogens is 360 g/mol. The number of nitrogens with two attached hydrogens (primary N) is 1. The van der Waals surface area contributed by atoms with Gasteiger partial charge in [-0.1, -0.05) is 16.8 Å². The minimum atomic E-state index is -0.430. The van der Waals surface area contributed by atoms with E-state index in [4.69, 9.17) is 26.6 Å². The molecule has 130 valence electrons. The molecule has 3 aromatic rings. The minimum absolute atomic E-state index is 0.370. The van der Waals surface area contributed by atoms with Gasteiger partial charge in [0.15, 0.2) is 5.82 Å². The van der Waals surface area contributed by atoms with Gasteiger partial charge in [0.1, 0.15) is 22.2 Å². The van der Waals surface area contributed by atoms with Gasteiger partial charge in [-0.15, -0.1) is 11.3 Å². The summed E-state index contributed by atoms with van der Waals surface area (Å²) in [6, 6.07) is 7.23. The van der Waals surface area contributed by atoms with Crippen LogP contribution < -0.4 is 10.5 Å². The molecule has 2 aromatic heterocycles. The van der Waals surface area contributed by atoms with Gasteiger partial charge in [-0.2, -0.15) is 4.98 Å². The number of benzene rings is 1. The first-order valence-electron chi connectivity index (χ1n) is 8.02. The summed E-state index contributed by atoms with van der Waals surface area (Å²) in [5.74, 6) is 1.80. The van der Waals surface area contributed by atoms with E-state index in [-0.39, 0.29) is 0 Å². The van der Waals surface area contributed by atoms with Crippen molar-refractivity contribution in [1.29, 1.82) is 0 Å². The molecule has 4 rings (SSSR count). The normalized spacial score (nSPS) is 15.8. The van der Waals surface area contributed by atoms with Crippen molar-refractivity contribution in [1.82, 2.24) is 15.1 Å². The summed E-state index contributed by atoms with van der Waals surface area (Å²) in [5.41, 5.74) is 6.67. The van der Waals surface area contributed by atoms with Gasteiger partial charge in [-0.25, -0.2) is 4.98 Å². The lowest BCUT2D eigenvalue weighted by Gasteiger charge is -2.34. The van der Waals surface area contributed by atoms with Crippen LogP contribution in [0, 0.1) is 6.92 Å². The topological polar surface area (TPSA) is 87.1 Å². The number of aromatic nitrogens is 3. The van der Waals surface area contributed by atoms with Crippen LogP contribution >= 0.6 is 22.9 Å². The molecule has 0 saturated heterocycles. The second-order valence-electron chi connectivity index (χ2n) is 6.20. The van der Waals surface area contributed by atoms with Crippen LogP contribution in [-0.4, -0.2) is 15.1 Å².